The molecule has 0 fully saturated rings. The van der Waals surface area contributed by atoms with Gasteiger partial charge in [0.05, 0.1) is 5.56 Å². The van der Waals surface area contributed by atoms with Crippen LogP contribution in [-0.2, 0) is 11.2 Å². The second kappa shape index (κ2) is 5.01. The minimum absolute atomic E-state index is 0.272. The molecule has 0 aliphatic rings. The molecule has 0 unspecified atom stereocenters. The molecular formula is C10H11NO3. The number of aromatic carboxylic acids is 1. The van der Waals surface area contributed by atoms with Crippen molar-refractivity contribution in [1.29, 1.82) is 0 Å². The van der Waals surface area contributed by atoms with E-state index < -0.39 is 5.97 Å². The Balaban J connectivity index is 2.63. The number of benzene rings is 1. The molecule has 4 nitrogen and oxygen atoms in total. The quantitative estimate of drug-likeness (QED) is 0.533. The molecular weight excluding hydrogens is 182 g/mol. The molecule has 2 N–H and O–H groups in total. The van der Waals surface area contributed by atoms with Crippen molar-refractivity contribution in [2.24, 2.45) is 0 Å². The summed E-state index contributed by atoms with van der Waals surface area (Å²) in [6.07, 6.45) is 1.26. The highest BCUT2D eigenvalue weighted by atomic mass is 16.4. The molecule has 1 aromatic rings. The maximum atomic E-state index is 10.6. The Morgan fingerprint density at radius 3 is 2.93 bits per heavy atom. The first-order chi connectivity index (χ1) is 6.74. The molecule has 0 aromatic heterocycles. The van der Waals surface area contributed by atoms with E-state index in [1.54, 1.807) is 18.2 Å². The number of carbonyl (C=O) groups excluding carboxylic acids is 1. The average molecular weight is 193 g/mol. The standard InChI is InChI=1S/C10H11NO3/c12-7-11-5-4-8-2-1-3-9(6-8)10(13)14/h1-3,6-7H,4-5H2,(H,11,12)(H,13,14). The van der Waals surface area contributed by atoms with Crippen molar-refractivity contribution in [2.75, 3.05) is 6.54 Å². The van der Waals surface area contributed by atoms with Gasteiger partial charge in [-0.3, -0.25) is 4.79 Å². The van der Waals surface area contributed by atoms with Gasteiger partial charge in [0.1, 0.15) is 0 Å². The van der Waals surface area contributed by atoms with E-state index in [1.807, 2.05) is 6.07 Å². The van der Waals surface area contributed by atoms with Crippen LogP contribution in [0.3, 0.4) is 0 Å². The Bertz CT molecular complexity index is 336. The van der Waals surface area contributed by atoms with Crippen LogP contribution < -0.4 is 5.32 Å². The van der Waals surface area contributed by atoms with Gasteiger partial charge < -0.3 is 10.4 Å². The van der Waals surface area contributed by atoms with Gasteiger partial charge in [-0.2, -0.15) is 0 Å². The molecule has 0 spiro atoms. The molecule has 74 valence electrons. The zero-order chi connectivity index (χ0) is 10.4. The summed E-state index contributed by atoms with van der Waals surface area (Å²) < 4.78 is 0. The van der Waals surface area contributed by atoms with Gasteiger partial charge in [0, 0.05) is 6.54 Å². The highest BCUT2D eigenvalue weighted by Crippen LogP contribution is 2.05. The SMILES string of the molecule is O=CNCCc1cccc(C(=O)O)c1. The minimum atomic E-state index is -0.935. The molecule has 0 bridgehead atoms. The zero-order valence-electron chi connectivity index (χ0n) is 7.56. The predicted octanol–water partition coefficient (Wildman–Crippen LogP) is 0.673. The number of carboxylic acids is 1. The smallest absolute Gasteiger partial charge is 0.335 e. The highest BCUT2D eigenvalue weighted by molar-refractivity contribution is 5.87. The van der Waals surface area contributed by atoms with E-state index >= 15 is 0 Å². The van der Waals surface area contributed by atoms with E-state index in [4.69, 9.17) is 5.11 Å². The van der Waals surface area contributed by atoms with Gasteiger partial charge in [-0.05, 0) is 24.1 Å². The normalized spacial score (nSPS) is 9.43. The first kappa shape index (κ1) is 10.2. The lowest BCUT2D eigenvalue weighted by atomic mass is 10.1. The molecule has 14 heavy (non-hydrogen) atoms. The number of amides is 1. The number of rotatable bonds is 5. The van der Waals surface area contributed by atoms with E-state index in [1.165, 1.54) is 0 Å². The summed E-state index contributed by atoms with van der Waals surface area (Å²) in [6.45, 7) is 0.520. The Morgan fingerprint density at radius 1 is 1.50 bits per heavy atom. The number of nitrogens with one attached hydrogen (secondary N) is 1. The van der Waals surface area contributed by atoms with Crippen LogP contribution in [0.1, 0.15) is 15.9 Å². The maximum Gasteiger partial charge on any atom is 0.335 e. The predicted molar refractivity (Wildman–Crippen MR) is 51.2 cm³/mol. The van der Waals surface area contributed by atoms with Gasteiger partial charge >= 0.3 is 5.97 Å². The fourth-order valence-electron chi connectivity index (χ4n) is 1.14. The van der Waals surface area contributed by atoms with Crippen LogP contribution >= 0.6 is 0 Å². The van der Waals surface area contributed by atoms with Gasteiger partial charge in [-0.15, -0.1) is 0 Å². The van der Waals surface area contributed by atoms with Crippen LogP contribution in [0, 0.1) is 0 Å². The van der Waals surface area contributed by atoms with Gasteiger partial charge in [0.25, 0.3) is 0 Å². The van der Waals surface area contributed by atoms with Crippen molar-refractivity contribution >= 4 is 12.4 Å². The number of carbonyl (C=O) groups is 2. The van der Waals surface area contributed by atoms with E-state index in [0.717, 1.165) is 5.56 Å². The molecule has 0 saturated heterocycles. The Hall–Kier alpha value is -1.84. The fraction of sp³-hybridized carbons (Fsp3) is 0.200. The molecule has 0 radical (unpaired) electrons. The van der Waals surface area contributed by atoms with Gasteiger partial charge in [0.15, 0.2) is 0 Å². The number of hydrogen-bond acceptors (Lipinski definition) is 2. The molecule has 1 aromatic carbocycles. The molecule has 0 aliphatic carbocycles. The topological polar surface area (TPSA) is 66.4 Å². The average Bonchev–Trinajstić information content (AvgIpc) is 2.19. The summed E-state index contributed by atoms with van der Waals surface area (Å²) in [6, 6.07) is 6.67. The molecule has 0 saturated carbocycles. The largest absolute Gasteiger partial charge is 0.478 e. The molecule has 1 rings (SSSR count). The van der Waals surface area contributed by atoms with Gasteiger partial charge in [0.2, 0.25) is 6.41 Å². The Kier molecular flexibility index (Phi) is 3.67. The van der Waals surface area contributed by atoms with Crippen molar-refractivity contribution < 1.29 is 14.7 Å². The van der Waals surface area contributed by atoms with E-state index in [-0.39, 0.29) is 5.56 Å². The fourth-order valence-corrected chi connectivity index (χ4v) is 1.14. The third kappa shape index (κ3) is 2.90. The number of hydrogen-bond donors (Lipinski definition) is 2. The minimum Gasteiger partial charge on any atom is -0.478 e. The zero-order valence-corrected chi connectivity index (χ0v) is 7.56. The molecule has 0 atom stereocenters. The summed E-state index contributed by atoms with van der Waals surface area (Å²) in [5, 5.41) is 11.2. The van der Waals surface area contributed by atoms with Crippen LogP contribution in [0.5, 0.6) is 0 Å². The lowest BCUT2D eigenvalue weighted by Crippen LogP contribution is -2.14. The van der Waals surface area contributed by atoms with Crippen molar-refractivity contribution in [3.8, 4) is 0 Å². The third-order valence-corrected chi connectivity index (χ3v) is 1.82. The highest BCUT2D eigenvalue weighted by Gasteiger charge is 2.02. The van der Waals surface area contributed by atoms with Crippen molar-refractivity contribution in [2.45, 2.75) is 6.42 Å². The maximum absolute atomic E-state index is 10.6. The molecule has 4 heteroatoms. The van der Waals surface area contributed by atoms with E-state index in [2.05, 4.69) is 5.32 Å². The van der Waals surface area contributed by atoms with Crippen LogP contribution in [-0.4, -0.2) is 24.0 Å². The Labute approximate surface area is 81.6 Å². The van der Waals surface area contributed by atoms with Gasteiger partial charge in [-0.1, -0.05) is 12.1 Å². The summed E-state index contributed by atoms with van der Waals surface area (Å²) in [5.41, 5.74) is 1.17. The molecule has 0 aliphatic heterocycles. The molecule has 1 amide bonds. The van der Waals surface area contributed by atoms with Crippen molar-refractivity contribution in [1.82, 2.24) is 5.32 Å². The first-order valence-electron chi connectivity index (χ1n) is 4.23. The van der Waals surface area contributed by atoms with Crippen LogP contribution in [0.2, 0.25) is 0 Å². The molecule has 0 heterocycles. The lowest BCUT2D eigenvalue weighted by molar-refractivity contribution is -0.109. The Morgan fingerprint density at radius 2 is 2.29 bits per heavy atom. The summed E-state index contributed by atoms with van der Waals surface area (Å²) in [5.74, 6) is -0.935. The number of carboxylic acid groups (broad SMARTS) is 1. The second-order valence-corrected chi connectivity index (χ2v) is 2.83. The third-order valence-electron chi connectivity index (χ3n) is 1.82. The van der Waals surface area contributed by atoms with Gasteiger partial charge in [-0.25, -0.2) is 4.79 Å². The summed E-state index contributed by atoms with van der Waals surface area (Å²) in [7, 11) is 0. The van der Waals surface area contributed by atoms with E-state index in [0.29, 0.717) is 19.4 Å². The summed E-state index contributed by atoms with van der Waals surface area (Å²) in [4.78, 5) is 20.6. The summed E-state index contributed by atoms with van der Waals surface area (Å²) >= 11 is 0. The van der Waals surface area contributed by atoms with Crippen molar-refractivity contribution in [3.05, 3.63) is 35.4 Å². The second-order valence-electron chi connectivity index (χ2n) is 2.83. The monoisotopic (exact) mass is 193 g/mol. The lowest BCUT2D eigenvalue weighted by Gasteiger charge is -2.01. The van der Waals surface area contributed by atoms with Crippen molar-refractivity contribution in [3.63, 3.8) is 0 Å². The van der Waals surface area contributed by atoms with Crippen LogP contribution in [0.4, 0.5) is 0 Å². The van der Waals surface area contributed by atoms with Crippen LogP contribution in [0.25, 0.3) is 0 Å². The van der Waals surface area contributed by atoms with Crippen LogP contribution in [0.15, 0.2) is 24.3 Å². The first-order valence-corrected chi connectivity index (χ1v) is 4.23. The van der Waals surface area contributed by atoms with E-state index in [9.17, 15) is 9.59 Å².